The van der Waals surface area contributed by atoms with Gasteiger partial charge in [0.1, 0.15) is 12.1 Å². The molecule has 3 N–H and O–H groups in total. The van der Waals surface area contributed by atoms with Crippen molar-refractivity contribution in [3.8, 4) is 5.88 Å². The second kappa shape index (κ2) is 9.29. The predicted molar refractivity (Wildman–Crippen MR) is 119 cm³/mol. The fourth-order valence-corrected chi connectivity index (χ4v) is 4.66. The van der Waals surface area contributed by atoms with E-state index in [1.165, 1.54) is 0 Å². The van der Waals surface area contributed by atoms with E-state index >= 15 is 0 Å². The fourth-order valence-electron chi connectivity index (χ4n) is 4.66. The molecule has 3 aliphatic heterocycles. The van der Waals surface area contributed by atoms with Crippen molar-refractivity contribution in [2.75, 3.05) is 13.1 Å². The SMILES string of the molecule is O=C1CCC(N2Cc3cccc(CNCc4ccc(OC5CCNC5)nc4)c3C2=O)C(=O)N1. The van der Waals surface area contributed by atoms with Crippen LogP contribution in [0, 0.1) is 0 Å². The van der Waals surface area contributed by atoms with Gasteiger partial charge in [-0.1, -0.05) is 24.3 Å². The first-order valence-corrected chi connectivity index (χ1v) is 11.4. The summed E-state index contributed by atoms with van der Waals surface area (Å²) < 4.78 is 5.86. The van der Waals surface area contributed by atoms with Gasteiger partial charge in [-0.15, -0.1) is 0 Å². The van der Waals surface area contributed by atoms with E-state index in [4.69, 9.17) is 4.74 Å². The summed E-state index contributed by atoms with van der Waals surface area (Å²) in [4.78, 5) is 42.9. The van der Waals surface area contributed by atoms with Crippen LogP contribution in [0.5, 0.6) is 5.88 Å². The quantitative estimate of drug-likeness (QED) is 0.538. The highest BCUT2D eigenvalue weighted by Crippen LogP contribution is 2.29. The average molecular weight is 450 g/mol. The monoisotopic (exact) mass is 449 g/mol. The molecule has 2 aromatic rings. The lowest BCUT2D eigenvalue weighted by Gasteiger charge is -2.29. The zero-order chi connectivity index (χ0) is 22.8. The van der Waals surface area contributed by atoms with Gasteiger partial charge in [-0.2, -0.15) is 0 Å². The summed E-state index contributed by atoms with van der Waals surface area (Å²) in [5.41, 5.74) is 3.49. The normalized spacial score (nSPS) is 22.4. The second-order valence-corrected chi connectivity index (χ2v) is 8.69. The van der Waals surface area contributed by atoms with Crippen molar-refractivity contribution in [2.24, 2.45) is 0 Å². The zero-order valence-corrected chi connectivity index (χ0v) is 18.3. The van der Waals surface area contributed by atoms with Crippen molar-refractivity contribution in [1.82, 2.24) is 25.8 Å². The number of nitrogens with one attached hydrogen (secondary N) is 3. The first-order chi connectivity index (χ1) is 16.1. The van der Waals surface area contributed by atoms with Crippen LogP contribution in [0.1, 0.15) is 46.3 Å². The summed E-state index contributed by atoms with van der Waals surface area (Å²) in [5, 5.41) is 9.00. The number of hydrogen-bond acceptors (Lipinski definition) is 7. The molecule has 3 amide bonds. The van der Waals surface area contributed by atoms with Crippen molar-refractivity contribution in [2.45, 2.75) is 51.0 Å². The molecule has 2 fully saturated rings. The number of aromatic nitrogens is 1. The Balaban J connectivity index is 1.19. The van der Waals surface area contributed by atoms with Gasteiger partial charge in [-0.3, -0.25) is 19.7 Å². The van der Waals surface area contributed by atoms with E-state index < -0.39 is 11.9 Å². The van der Waals surface area contributed by atoms with Gasteiger partial charge in [0.2, 0.25) is 17.7 Å². The second-order valence-electron chi connectivity index (χ2n) is 8.69. The average Bonchev–Trinajstić information content (AvgIpc) is 3.43. The minimum absolute atomic E-state index is 0.151. The number of rotatable bonds is 7. The van der Waals surface area contributed by atoms with Crippen molar-refractivity contribution >= 4 is 17.7 Å². The van der Waals surface area contributed by atoms with Crippen LogP contribution in [0.2, 0.25) is 0 Å². The van der Waals surface area contributed by atoms with E-state index in [0.29, 0.717) is 37.5 Å². The topological polar surface area (TPSA) is 113 Å². The van der Waals surface area contributed by atoms with Crippen LogP contribution in [0.15, 0.2) is 36.5 Å². The highest BCUT2D eigenvalue weighted by Gasteiger charge is 2.39. The molecular weight excluding hydrogens is 422 g/mol. The van der Waals surface area contributed by atoms with Crippen LogP contribution in [0.3, 0.4) is 0 Å². The van der Waals surface area contributed by atoms with Gasteiger partial charge in [0.25, 0.3) is 5.91 Å². The largest absolute Gasteiger partial charge is 0.473 e. The Morgan fingerprint density at radius 2 is 2.03 bits per heavy atom. The molecule has 5 rings (SSSR count). The molecule has 2 unspecified atom stereocenters. The molecule has 0 aliphatic carbocycles. The highest BCUT2D eigenvalue weighted by atomic mass is 16.5. The predicted octanol–water partition coefficient (Wildman–Crippen LogP) is 0.873. The number of carbonyl (C=O) groups excluding carboxylic acids is 3. The molecule has 0 spiro atoms. The third-order valence-electron chi connectivity index (χ3n) is 6.38. The van der Waals surface area contributed by atoms with Crippen molar-refractivity contribution in [3.05, 3.63) is 58.8 Å². The van der Waals surface area contributed by atoms with Crippen LogP contribution >= 0.6 is 0 Å². The molecule has 3 aliphatic rings. The smallest absolute Gasteiger partial charge is 0.255 e. The lowest BCUT2D eigenvalue weighted by Crippen LogP contribution is -2.52. The number of piperidine rings is 1. The van der Waals surface area contributed by atoms with Crippen molar-refractivity contribution < 1.29 is 19.1 Å². The Hall–Kier alpha value is -3.30. The number of pyridine rings is 1. The summed E-state index contributed by atoms with van der Waals surface area (Å²) in [6, 6.07) is 9.06. The maximum absolute atomic E-state index is 13.2. The summed E-state index contributed by atoms with van der Waals surface area (Å²) in [7, 11) is 0. The number of nitrogens with zero attached hydrogens (tertiary/aromatic N) is 2. The first kappa shape index (κ1) is 21.5. The van der Waals surface area contributed by atoms with E-state index in [1.807, 2.05) is 30.3 Å². The summed E-state index contributed by atoms with van der Waals surface area (Å²) in [6.07, 6.45) is 3.59. The van der Waals surface area contributed by atoms with Crippen LogP contribution in [-0.4, -0.2) is 52.8 Å². The summed E-state index contributed by atoms with van der Waals surface area (Å²) in [5.74, 6) is -0.194. The zero-order valence-electron chi connectivity index (χ0n) is 18.3. The summed E-state index contributed by atoms with van der Waals surface area (Å²) in [6.45, 7) is 3.34. The van der Waals surface area contributed by atoms with Gasteiger partial charge in [-0.25, -0.2) is 4.98 Å². The van der Waals surface area contributed by atoms with E-state index in [9.17, 15) is 14.4 Å². The lowest BCUT2D eigenvalue weighted by molar-refractivity contribution is -0.136. The minimum Gasteiger partial charge on any atom is -0.473 e. The molecule has 0 saturated carbocycles. The Morgan fingerprint density at radius 3 is 2.79 bits per heavy atom. The maximum Gasteiger partial charge on any atom is 0.255 e. The van der Waals surface area contributed by atoms with Gasteiger partial charge >= 0.3 is 0 Å². The van der Waals surface area contributed by atoms with E-state index in [-0.39, 0.29) is 24.3 Å². The van der Waals surface area contributed by atoms with Gasteiger partial charge in [-0.05, 0) is 36.1 Å². The molecule has 172 valence electrons. The molecule has 33 heavy (non-hydrogen) atoms. The number of ether oxygens (including phenoxy) is 1. The molecule has 0 bridgehead atoms. The van der Waals surface area contributed by atoms with Crippen LogP contribution < -0.4 is 20.7 Å². The van der Waals surface area contributed by atoms with Gasteiger partial charge in [0, 0.05) is 50.4 Å². The number of imide groups is 1. The first-order valence-electron chi connectivity index (χ1n) is 11.4. The van der Waals surface area contributed by atoms with Crippen molar-refractivity contribution in [1.29, 1.82) is 0 Å². The lowest BCUT2D eigenvalue weighted by atomic mass is 10.0. The molecule has 1 aromatic heterocycles. The molecule has 4 heterocycles. The van der Waals surface area contributed by atoms with Gasteiger partial charge < -0.3 is 20.3 Å². The number of benzene rings is 1. The molecule has 2 saturated heterocycles. The maximum atomic E-state index is 13.2. The molecular formula is C24H27N5O4. The molecule has 9 heteroatoms. The van der Waals surface area contributed by atoms with Crippen LogP contribution in [0.25, 0.3) is 0 Å². The molecule has 1 aromatic carbocycles. The number of fused-ring (bicyclic) bond motifs is 1. The van der Waals surface area contributed by atoms with Gasteiger partial charge in [0.15, 0.2) is 0 Å². The Labute approximate surface area is 191 Å². The Kier molecular flexibility index (Phi) is 6.06. The number of carbonyl (C=O) groups is 3. The highest BCUT2D eigenvalue weighted by molar-refractivity contribution is 6.05. The fraction of sp³-hybridized carbons (Fsp3) is 0.417. The molecule has 9 nitrogen and oxygen atoms in total. The van der Waals surface area contributed by atoms with Gasteiger partial charge in [0.05, 0.1) is 0 Å². The standard InChI is InChI=1S/C24H27N5O4/c30-20-6-5-19(23(31)28-20)29-14-17-3-1-2-16(22(17)24(29)32)12-26-10-15-4-7-21(27-11-15)33-18-8-9-25-13-18/h1-4,7,11,18-19,25-26H,5-6,8-10,12-14H2,(H,28,30,31). The third-order valence-corrected chi connectivity index (χ3v) is 6.38. The number of amides is 3. The van der Waals surface area contributed by atoms with Crippen molar-refractivity contribution in [3.63, 3.8) is 0 Å². The van der Waals surface area contributed by atoms with E-state index in [0.717, 1.165) is 36.2 Å². The Morgan fingerprint density at radius 1 is 1.12 bits per heavy atom. The molecule has 0 radical (unpaired) electrons. The van der Waals surface area contributed by atoms with E-state index in [2.05, 4.69) is 20.9 Å². The molecule has 2 atom stereocenters. The van der Waals surface area contributed by atoms with Crippen LogP contribution in [0.4, 0.5) is 0 Å². The van der Waals surface area contributed by atoms with E-state index in [1.54, 1.807) is 11.1 Å². The Bertz CT molecular complexity index is 1070. The van der Waals surface area contributed by atoms with Crippen LogP contribution in [-0.2, 0) is 29.2 Å². The number of hydrogen-bond donors (Lipinski definition) is 3. The summed E-state index contributed by atoms with van der Waals surface area (Å²) >= 11 is 0. The third kappa shape index (κ3) is 4.60. The minimum atomic E-state index is -0.602.